The van der Waals surface area contributed by atoms with Crippen molar-refractivity contribution in [2.75, 3.05) is 0 Å². The van der Waals surface area contributed by atoms with Gasteiger partial charge in [-0.05, 0) is 61.5 Å². The Labute approximate surface area is 168 Å². The molecular formula is C21H21FN2O3S. The summed E-state index contributed by atoms with van der Waals surface area (Å²) in [6, 6.07) is 9.54. The van der Waals surface area contributed by atoms with Gasteiger partial charge in [-0.15, -0.1) is 0 Å². The molecule has 1 aliphatic carbocycles. The number of nitrogens with one attached hydrogen (secondary N) is 1. The first-order chi connectivity index (χ1) is 13.6. The van der Waals surface area contributed by atoms with Gasteiger partial charge in [0.2, 0.25) is 0 Å². The van der Waals surface area contributed by atoms with E-state index in [-0.39, 0.29) is 24.4 Å². The number of carbonyl (C=O) groups excluding carboxylic acids is 1. The Morgan fingerprint density at radius 1 is 1.18 bits per heavy atom. The van der Waals surface area contributed by atoms with Crippen LogP contribution in [0.5, 0.6) is 5.75 Å². The third-order valence-electron chi connectivity index (χ3n) is 5.01. The van der Waals surface area contributed by atoms with Crippen molar-refractivity contribution in [3.8, 4) is 5.75 Å². The first-order valence-corrected chi connectivity index (χ1v) is 9.84. The second-order valence-electron chi connectivity index (χ2n) is 7.00. The predicted molar refractivity (Wildman–Crippen MR) is 107 cm³/mol. The quantitative estimate of drug-likeness (QED) is 0.596. The van der Waals surface area contributed by atoms with Crippen LogP contribution in [0.1, 0.15) is 43.6 Å². The lowest BCUT2D eigenvalue weighted by molar-refractivity contribution is -0.124. The van der Waals surface area contributed by atoms with E-state index >= 15 is 0 Å². The normalized spacial score (nSPS) is 19.3. The molecule has 1 aliphatic heterocycles. The molecule has 0 atom stereocenters. The summed E-state index contributed by atoms with van der Waals surface area (Å²) in [5.74, 6) is 1.29. The van der Waals surface area contributed by atoms with Crippen LogP contribution in [0.3, 0.4) is 0 Å². The lowest BCUT2D eigenvalue weighted by Gasteiger charge is -2.29. The highest BCUT2D eigenvalue weighted by Gasteiger charge is 2.36. The smallest absolute Gasteiger partial charge is 0.276 e. The summed E-state index contributed by atoms with van der Waals surface area (Å²) in [5.41, 5.74) is 0.427. The maximum atomic E-state index is 12.9. The van der Waals surface area contributed by atoms with Gasteiger partial charge < -0.3 is 14.5 Å². The van der Waals surface area contributed by atoms with Crippen molar-refractivity contribution in [1.82, 2.24) is 10.2 Å². The van der Waals surface area contributed by atoms with Crippen LogP contribution in [0.2, 0.25) is 0 Å². The standard InChI is InChI=1S/C21H21FN2O3S/c22-14-6-8-16(9-7-14)26-13-18-11-10-17(27-18)12-19-20(25)24(21(28)23-19)15-4-2-1-3-5-15/h6-12,15H,1-5,13H2,(H,23,28)/b19-12+. The molecule has 2 aliphatic rings. The lowest BCUT2D eigenvalue weighted by atomic mass is 9.94. The molecule has 1 saturated heterocycles. The maximum absolute atomic E-state index is 12.9. The van der Waals surface area contributed by atoms with Crippen LogP contribution in [0.25, 0.3) is 6.08 Å². The van der Waals surface area contributed by atoms with Crippen molar-refractivity contribution in [2.45, 2.75) is 44.8 Å². The predicted octanol–water partition coefficient (Wildman–Crippen LogP) is 4.39. The van der Waals surface area contributed by atoms with E-state index in [1.165, 1.54) is 18.6 Å². The van der Waals surface area contributed by atoms with Crippen LogP contribution < -0.4 is 10.1 Å². The average molecular weight is 400 g/mol. The van der Waals surface area contributed by atoms with Gasteiger partial charge >= 0.3 is 0 Å². The van der Waals surface area contributed by atoms with Crippen LogP contribution in [0.15, 0.2) is 46.5 Å². The van der Waals surface area contributed by atoms with Crippen LogP contribution in [0.4, 0.5) is 4.39 Å². The summed E-state index contributed by atoms with van der Waals surface area (Å²) in [5, 5.41) is 3.48. The largest absolute Gasteiger partial charge is 0.486 e. The second-order valence-corrected chi connectivity index (χ2v) is 7.39. The van der Waals surface area contributed by atoms with Crippen LogP contribution >= 0.6 is 12.2 Å². The first kappa shape index (κ1) is 18.7. The highest BCUT2D eigenvalue weighted by Crippen LogP contribution is 2.27. The Kier molecular flexibility index (Phi) is 5.43. The Hall–Kier alpha value is -2.67. The number of carbonyl (C=O) groups is 1. The third kappa shape index (κ3) is 4.09. The maximum Gasteiger partial charge on any atom is 0.276 e. The molecule has 0 radical (unpaired) electrons. The zero-order valence-electron chi connectivity index (χ0n) is 15.3. The summed E-state index contributed by atoms with van der Waals surface area (Å²) in [7, 11) is 0. The Morgan fingerprint density at radius 2 is 1.93 bits per heavy atom. The van der Waals surface area contributed by atoms with Gasteiger partial charge in [0, 0.05) is 12.1 Å². The molecule has 0 bridgehead atoms. The van der Waals surface area contributed by atoms with Gasteiger partial charge in [0.05, 0.1) is 0 Å². The second kappa shape index (κ2) is 8.14. The number of furan rings is 1. The summed E-state index contributed by atoms with van der Waals surface area (Å²) in [6.07, 6.45) is 7.13. The minimum Gasteiger partial charge on any atom is -0.486 e. The molecule has 146 valence electrons. The molecule has 28 heavy (non-hydrogen) atoms. The molecule has 2 aromatic rings. The van der Waals surface area contributed by atoms with E-state index in [1.54, 1.807) is 35.2 Å². The average Bonchev–Trinajstić information content (AvgIpc) is 3.26. The van der Waals surface area contributed by atoms with Crippen molar-refractivity contribution < 1.29 is 18.3 Å². The van der Waals surface area contributed by atoms with Crippen LogP contribution in [-0.2, 0) is 11.4 Å². The van der Waals surface area contributed by atoms with Gasteiger partial charge in [-0.25, -0.2) is 4.39 Å². The third-order valence-corrected chi connectivity index (χ3v) is 5.31. The van der Waals surface area contributed by atoms with E-state index in [2.05, 4.69) is 5.32 Å². The Balaban J connectivity index is 1.41. The first-order valence-electron chi connectivity index (χ1n) is 9.43. The number of thiocarbonyl (C=S) groups is 1. The molecule has 1 aromatic heterocycles. The molecule has 1 aromatic carbocycles. The number of benzene rings is 1. The molecular weight excluding hydrogens is 379 g/mol. The molecule has 5 nitrogen and oxygen atoms in total. The van der Waals surface area contributed by atoms with Gasteiger partial charge in [-0.1, -0.05) is 19.3 Å². The molecule has 1 N–H and O–H groups in total. The van der Waals surface area contributed by atoms with E-state index < -0.39 is 0 Å². The molecule has 2 heterocycles. The van der Waals surface area contributed by atoms with E-state index in [9.17, 15) is 9.18 Å². The molecule has 1 amide bonds. The minimum absolute atomic E-state index is 0.0996. The van der Waals surface area contributed by atoms with Gasteiger partial charge in [0.1, 0.15) is 35.4 Å². The SMILES string of the molecule is O=C1/C(=C\c2ccc(COc3ccc(F)cc3)o2)NC(=S)N1C1CCCCC1. The van der Waals surface area contributed by atoms with Crippen molar-refractivity contribution in [3.63, 3.8) is 0 Å². The molecule has 1 saturated carbocycles. The molecule has 2 fully saturated rings. The molecule has 0 unspecified atom stereocenters. The number of hydrogen-bond donors (Lipinski definition) is 1. The number of hydrogen-bond acceptors (Lipinski definition) is 4. The zero-order valence-corrected chi connectivity index (χ0v) is 16.1. The number of rotatable bonds is 5. The van der Waals surface area contributed by atoms with E-state index in [1.807, 2.05) is 0 Å². The molecule has 0 spiro atoms. The zero-order chi connectivity index (χ0) is 19.5. The van der Waals surface area contributed by atoms with Gasteiger partial charge in [0.25, 0.3) is 5.91 Å². The van der Waals surface area contributed by atoms with Crippen molar-refractivity contribution in [1.29, 1.82) is 0 Å². The summed E-state index contributed by atoms with van der Waals surface area (Å²) in [4.78, 5) is 14.5. The molecule has 4 rings (SSSR count). The van der Waals surface area contributed by atoms with Crippen molar-refractivity contribution >= 4 is 29.3 Å². The van der Waals surface area contributed by atoms with Crippen molar-refractivity contribution in [2.24, 2.45) is 0 Å². The van der Waals surface area contributed by atoms with E-state index in [0.717, 1.165) is 25.7 Å². The fraction of sp³-hybridized carbons (Fsp3) is 0.333. The van der Waals surface area contributed by atoms with E-state index in [0.29, 0.717) is 28.1 Å². The van der Waals surface area contributed by atoms with Crippen molar-refractivity contribution in [3.05, 3.63) is 59.4 Å². The Morgan fingerprint density at radius 3 is 2.68 bits per heavy atom. The molecule has 7 heteroatoms. The lowest BCUT2D eigenvalue weighted by Crippen LogP contribution is -2.41. The van der Waals surface area contributed by atoms with Crippen LogP contribution in [0, 0.1) is 5.82 Å². The highest BCUT2D eigenvalue weighted by molar-refractivity contribution is 7.80. The summed E-state index contributed by atoms with van der Waals surface area (Å²) in [6.45, 7) is 0.211. The number of ether oxygens (including phenoxy) is 1. The van der Waals surface area contributed by atoms with E-state index in [4.69, 9.17) is 21.4 Å². The Bertz CT molecular complexity index is 901. The number of amides is 1. The highest BCUT2D eigenvalue weighted by atomic mass is 32.1. The van der Waals surface area contributed by atoms with Gasteiger partial charge in [0.15, 0.2) is 5.11 Å². The fourth-order valence-corrected chi connectivity index (χ4v) is 3.94. The fourth-order valence-electron chi connectivity index (χ4n) is 3.60. The summed E-state index contributed by atoms with van der Waals surface area (Å²) < 4.78 is 24.2. The van der Waals surface area contributed by atoms with Gasteiger partial charge in [-0.3, -0.25) is 9.69 Å². The minimum atomic E-state index is -0.312. The number of nitrogens with zero attached hydrogens (tertiary/aromatic N) is 1. The topological polar surface area (TPSA) is 54.7 Å². The number of halogens is 1. The summed E-state index contributed by atoms with van der Waals surface area (Å²) >= 11 is 5.38. The monoisotopic (exact) mass is 400 g/mol. The van der Waals surface area contributed by atoms with Crippen LogP contribution in [-0.4, -0.2) is 22.0 Å². The van der Waals surface area contributed by atoms with Gasteiger partial charge in [-0.2, -0.15) is 0 Å².